The van der Waals surface area contributed by atoms with Crippen molar-refractivity contribution in [2.75, 3.05) is 34.3 Å². The third-order valence-corrected chi connectivity index (χ3v) is 2.91. The number of benzene rings is 1. The van der Waals surface area contributed by atoms with Crippen molar-refractivity contribution < 1.29 is 9.53 Å². The fourth-order valence-electron chi connectivity index (χ4n) is 1.92. The van der Waals surface area contributed by atoms with E-state index in [4.69, 9.17) is 4.74 Å². The lowest BCUT2D eigenvalue weighted by atomic mass is 10.0. The van der Waals surface area contributed by atoms with Crippen LogP contribution in [0.2, 0.25) is 0 Å². The van der Waals surface area contributed by atoms with Gasteiger partial charge in [-0.1, -0.05) is 18.2 Å². The number of para-hydroxylation sites is 1. The quantitative estimate of drug-likeness (QED) is 0.822. The van der Waals surface area contributed by atoms with Crippen LogP contribution in [-0.4, -0.2) is 45.2 Å². The summed E-state index contributed by atoms with van der Waals surface area (Å²) in [4.78, 5) is 13.5. The van der Waals surface area contributed by atoms with Crippen LogP contribution in [0.25, 0.3) is 0 Å². The number of methoxy groups -OCH3 is 1. The van der Waals surface area contributed by atoms with Crippen molar-refractivity contribution in [3.63, 3.8) is 0 Å². The molecule has 0 unspecified atom stereocenters. The number of urea groups is 1. The van der Waals surface area contributed by atoms with Crippen molar-refractivity contribution in [1.82, 2.24) is 15.5 Å². The summed E-state index contributed by atoms with van der Waals surface area (Å²) >= 11 is 0. The molecule has 2 amide bonds. The molecule has 1 aromatic carbocycles. The summed E-state index contributed by atoms with van der Waals surface area (Å²) in [5.41, 5.74) is 1.06. The number of carbonyl (C=O) groups excluding carboxylic acids is 1. The molecule has 1 atom stereocenters. The highest BCUT2D eigenvalue weighted by molar-refractivity contribution is 5.73. The zero-order chi connectivity index (χ0) is 14.3. The minimum absolute atomic E-state index is 0.0683. The van der Waals surface area contributed by atoms with Gasteiger partial charge in [-0.15, -0.1) is 0 Å². The number of hydrogen-bond donors (Lipinski definition) is 2. The van der Waals surface area contributed by atoms with Crippen molar-refractivity contribution in [3.8, 4) is 5.75 Å². The summed E-state index contributed by atoms with van der Waals surface area (Å²) in [5.74, 6) is 0.832. The standard InChI is InChI=1S/C14H23N3O2/c1-5-15-14(18)16-10-12(17(2)3)11-8-6-7-9-13(11)19-4/h6-9,12H,5,10H2,1-4H3,(H2,15,16,18)/t12-/m0/s1. The van der Waals surface area contributed by atoms with Gasteiger partial charge in [0.2, 0.25) is 0 Å². The van der Waals surface area contributed by atoms with E-state index in [0.29, 0.717) is 13.1 Å². The number of likely N-dealkylation sites (N-methyl/N-ethyl adjacent to an activating group) is 1. The van der Waals surface area contributed by atoms with E-state index in [1.165, 1.54) is 0 Å². The van der Waals surface area contributed by atoms with Gasteiger partial charge in [0.1, 0.15) is 5.75 Å². The lowest BCUT2D eigenvalue weighted by Gasteiger charge is -2.26. The minimum Gasteiger partial charge on any atom is -0.496 e. The van der Waals surface area contributed by atoms with Gasteiger partial charge in [0.25, 0.3) is 0 Å². The first-order valence-electron chi connectivity index (χ1n) is 6.41. The van der Waals surface area contributed by atoms with E-state index in [1.54, 1.807) is 7.11 Å². The molecule has 2 N–H and O–H groups in total. The fourth-order valence-corrected chi connectivity index (χ4v) is 1.92. The maximum atomic E-state index is 11.5. The van der Waals surface area contributed by atoms with E-state index in [0.717, 1.165) is 11.3 Å². The highest BCUT2D eigenvalue weighted by atomic mass is 16.5. The summed E-state index contributed by atoms with van der Waals surface area (Å²) in [6.45, 7) is 3.04. The predicted molar refractivity (Wildman–Crippen MR) is 76.5 cm³/mol. The normalized spacial score (nSPS) is 12.1. The Morgan fingerprint density at radius 3 is 2.58 bits per heavy atom. The van der Waals surface area contributed by atoms with Gasteiger partial charge in [-0.3, -0.25) is 0 Å². The molecule has 0 aromatic heterocycles. The highest BCUT2D eigenvalue weighted by Gasteiger charge is 2.18. The van der Waals surface area contributed by atoms with Crippen LogP contribution in [0.15, 0.2) is 24.3 Å². The Balaban J connectivity index is 2.80. The summed E-state index contributed by atoms with van der Waals surface area (Å²) in [7, 11) is 5.62. The average molecular weight is 265 g/mol. The zero-order valence-electron chi connectivity index (χ0n) is 12.1. The molecular weight excluding hydrogens is 242 g/mol. The van der Waals surface area contributed by atoms with Gasteiger partial charge < -0.3 is 20.3 Å². The van der Waals surface area contributed by atoms with Crippen molar-refractivity contribution in [2.45, 2.75) is 13.0 Å². The van der Waals surface area contributed by atoms with E-state index < -0.39 is 0 Å². The Morgan fingerprint density at radius 2 is 2.00 bits per heavy atom. The third-order valence-electron chi connectivity index (χ3n) is 2.91. The number of ether oxygens (including phenoxy) is 1. The lowest BCUT2D eigenvalue weighted by molar-refractivity contribution is 0.232. The van der Waals surface area contributed by atoms with Gasteiger partial charge in [-0.05, 0) is 27.1 Å². The first-order valence-corrected chi connectivity index (χ1v) is 6.41. The smallest absolute Gasteiger partial charge is 0.314 e. The fraction of sp³-hybridized carbons (Fsp3) is 0.500. The van der Waals surface area contributed by atoms with E-state index in [1.807, 2.05) is 45.3 Å². The second-order valence-electron chi connectivity index (χ2n) is 4.46. The van der Waals surface area contributed by atoms with Crippen molar-refractivity contribution in [3.05, 3.63) is 29.8 Å². The minimum atomic E-state index is -0.149. The van der Waals surface area contributed by atoms with Gasteiger partial charge in [-0.25, -0.2) is 4.79 Å². The molecular formula is C14H23N3O2. The number of nitrogens with zero attached hydrogens (tertiary/aromatic N) is 1. The molecule has 0 saturated heterocycles. The maximum absolute atomic E-state index is 11.5. The number of nitrogens with one attached hydrogen (secondary N) is 2. The van der Waals surface area contributed by atoms with Crippen molar-refractivity contribution in [2.24, 2.45) is 0 Å². The third kappa shape index (κ3) is 4.44. The summed E-state index contributed by atoms with van der Waals surface area (Å²) in [6, 6.07) is 7.77. The largest absolute Gasteiger partial charge is 0.496 e. The molecule has 0 aliphatic heterocycles. The molecule has 0 radical (unpaired) electrons. The molecule has 5 nitrogen and oxygen atoms in total. The lowest BCUT2D eigenvalue weighted by Crippen LogP contribution is -2.40. The Labute approximate surface area is 114 Å². The number of amides is 2. The van der Waals surface area contributed by atoms with Gasteiger partial charge in [0.05, 0.1) is 13.2 Å². The second kappa shape index (κ2) is 7.63. The van der Waals surface area contributed by atoms with Crippen molar-refractivity contribution >= 4 is 6.03 Å². The Morgan fingerprint density at radius 1 is 1.32 bits per heavy atom. The molecule has 106 valence electrons. The first kappa shape index (κ1) is 15.3. The molecule has 0 bridgehead atoms. The van der Waals surface area contributed by atoms with Crippen molar-refractivity contribution in [1.29, 1.82) is 0 Å². The number of hydrogen-bond acceptors (Lipinski definition) is 3. The summed E-state index contributed by atoms with van der Waals surface area (Å²) < 4.78 is 5.38. The van der Waals surface area contributed by atoms with Gasteiger partial charge in [-0.2, -0.15) is 0 Å². The number of rotatable bonds is 6. The summed E-state index contributed by atoms with van der Waals surface area (Å²) in [6.07, 6.45) is 0. The van der Waals surface area contributed by atoms with E-state index >= 15 is 0 Å². The Kier molecular flexibility index (Phi) is 6.15. The monoisotopic (exact) mass is 265 g/mol. The zero-order valence-corrected chi connectivity index (χ0v) is 12.1. The molecule has 0 heterocycles. The van der Waals surface area contributed by atoms with Crippen LogP contribution in [-0.2, 0) is 0 Å². The van der Waals surface area contributed by atoms with Crippen LogP contribution in [0.3, 0.4) is 0 Å². The topological polar surface area (TPSA) is 53.6 Å². The van der Waals surface area contributed by atoms with Gasteiger partial charge in [0, 0.05) is 18.7 Å². The first-order chi connectivity index (χ1) is 9.10. The molecule has 19 heavy (non-hydrogen) atoms. The Hall–Kier alpha value is -1.75. The van der Waals surface area contributed by atoms with Crippen LogP contribution in [0.4, 0.5) is 4.79 Å². The second-order valence-corrected chi connectivity index (χ2v) is 4.46. The van der Waals surface area contributed by atoms with Gasteiger partial charge in [0.15, 0.2) is 0 Å². The summed E-state index contributed by atoms with van der Waals surface area (Å²) in [5, 5.41) is 5.59. The molecule has 0 aliphatic carbocycles. The van der Waals surface area contributed by atoms with Crippen LogP contribution in [0.1, 0.15) is 18.5 Å². The van der Waals surface area contributed by atoms with E-state index in [9.17, 15) is 4.79 Å². The molecule has 1 aromatic rings. The molecule has 0 saturated carbocycles. The molecule has 5 heteroatoms. The average Bonchev–Trinajstić information content (AvgIpc) is 2.39. The molecule has 0 aliphatic rings. The Bertz CT molecular complexity index is 407. The predicted octanol–water partition coefficient (Wildman–Crippen LogP) is 1.62. The van der Waals surface area contributed by atoms with Crippen LogP contribution in [0.5, 0.6) is 5.75 Å². The maximum Gasteiger partial charge on any atom is 0.314 e. The van der Waals surface area contributed by atoms with E-state index in [2.05, 4.69) is 15.5 Å². The van der Waals surface area contributed by atoms with Gasteiger partial charge >= 0.3 is 6.03 Å². The highest BCUT2D eigenvalue weighted by Crippen LogP contribution is 2.27. The van der Waals surface area contributed by atoms with Crippen LogP contribution in [0, 0.1) is 0 Å². The number of carbonyl (C=O) groups is 1. The molecule has 1 rings (SSSR count). The van der Waals surface area contributed by atoms with Crippen LogP contribution >= 0.6 is 0 Å². The molecule has 0 fully saturated rings. The van der Waals surface area contributed by atoms with E-state index in [-0.39, 0.29) is 12.1 Å². The van der Waals surface area contributed by atoms with Crippen LogP contribution < -0.4 is 15.4 Å². The molecule has 0 spiro atoms. The SMILES string of the molecule is CCNC(=O)NC[C@@H](c1ccccc1OC)N(C)C.